The molecule has 2 rings (SSSR count). The minimum absolute atomic E-state index is 0.126. The minimum atomic E-state index is 0.126. The number of benzene rings is 1. The Labute approximate surface area is 113 Å². The monoisotopic (exact) mass is 264 g/mol. The molecule has 0 radical (unpaired) electrons. The van der Waals surface area contributed by atoms with Gasteiger partial charge in [0.25, 0.3) is 5.91 Å². The summed E-state index contributed by atoms with van der Waals surface area (Å²) in [6.07, 6.45) is 2.93. The SMILES string of the molecule is CSc1ccc(C(=O)N2CCC(N)C(C)C2)cc1. The molecule has 2 atom stereocenters. The summed E-state index contributed by atoms with van der Waals surface area (Å²) < 4.78 is 0. The average molecular weight is 264 g/mol. The quantitative estimate of drug-likeness (QED) is 0.833. The summed E-state index contributed by atoms with van der Waals surface area (Å²) in [5.74, 6) is 0.509. The molecule has 3 nitrogen and oxygen atoms in total. The molecule has 18 heavy (non-hydrogen) atoms. The van der Waals surface area contributed by atoms with Gasteiger partial charge in [0.1, 0.15) is 0 Å². The van der Waals surface area contributed by atoms with Gasteiger partial charge in [-0.25, -0.2) is 0 Å². The Balaban J connectivity index is 2.06. The Kier molecular flexibility index (Phi) is 4.30. The summed E-state index contributed by atoms with van der Waals surface area (Å²) in [5, 5.41) is 0. The molecule has 1 aromatic carbocycles. The molecule has 1 aromatic rings. The van der Waals surface area contributed by atoms with E-state index in [0.29, 0.717) is 5.92 Å². The van der Waals surface area contributed by atoms with Crippen LogP contribution in [0.5, 0.6) is 0 Å². The number of carbonyl (C=O) groups is 1. The molecule has 1 amide bonds. The average Bonchev–Trinajstić information content (AvgIpc) is 2.41. The Morgan fingerprint density at radius 2 is 2.06 bits per heavy atom. The van der Waals surface area contributed by atoms with Gasteiger partial charge in [0, 0.05) is 29.6 Å². The number of thioether (sulfide) groups is 1. The van der Waals surface area contributed by atoms with E-state index in [0.717, 1.165) is 25.1 Å². The molecular formula is C14H20N2OS. The fraction of sp³-hybridized carbons (Fsp3) is 0.500. The number of amides is 1. The summed E-state index contributed by atoms with van der Waals surface area (Å²) in [6.45, 7) is 3.65. The van der Waals surface area contributed by atoms with Crippen LogP contribution in [-0.2, 0) is 0 Å². The van der Waals surface area contributed by atoms with Crippen LogP contribution in [0, 0.1) is 5.92 Å². The third-order valence-electron chi connectivity index (χ3n) is 3.60. The summed E-state index contributed by atoms with van der Waals surface area (Å²) in [4.78, 5) is 15.4. The van der Waals surface area contributed by atoms with E-state index >= 15 is 0 Å². The highest BCUT2D eigenvalue weighted by atomic mass is 32.2. The summed E-state index contributed by atoms with van der Waals surface area (Å²) in [5.41, 5.74) is 6.75. The first kappa shape index (κ1) is 13.4. The van der Waals surface area contributed by atoms with Gasteiger partial charge in [-0.15, -0.1) is 11.8 Å². The molecule has 1 fully saturated rings. The van der Waals surface area contributed by atoms with Crippen molar-refractivity contribution in [2.45, 2.75) is 24.3 Å². The van der Waals surface area contributed by atoms with Crippen LogP contribution in [0.1, 0.15) is 23.7 Å². The molecule has 0 bridgehead atoms. The van der Waals surface area contributed by atoms with Crippen molar-refractivity contribution in [2.75, 3.05) is 19.3 Å². The van der Waals surface area contributed by atoms with Gasteiger partial charge in [0.15, 0.2) is 0 Å². The van der Waals surface area contributed by atoms with Crippen LogP contribution in [0.25, 0.3) is 0 Å². The van der Waals surface area contributed by atoms with Crippen molar-refractivity contribution in [3.8, 4) is 0 Å². The van der Waals surface area contributed by atoms with Gasteiger partial charge in [0.2, 0.25) is 0 Å². The molecule has 1 aliphatic heterocycles. The number of rotatable bonds is 2. The molecule has 0 aliphatic carbocycles. The maximum absolute atomic E-state index is 12.3. The van der Waals surface area contributed by atoms with Gasteiger partial charge in [-0.1, -0.05) is 6.92 Å². The summed E-state index contributed by atoms with van der Waals surface area (Å²) >= 11 is 1.68. The maximum atomic E-state index is 12.3. The van der Waals surface area contributed by atoms with Crippen LogP contribution < -0.4 is 5.73 Å². The maximum Gasteiger partial charge on any atom is 0.253 e. The number of nitrogens with two attached hydrogens (primary N) is 1. The third-order valence-corrected chi connectivity index (χ3v) is 4.34. The van der Waals surface area contributed by atoms with Gasteiger partial charge < -0.3 is 10.6 Å². The van der Waals surface area contributed by atoms with Crippen molar-refractivity contribution < 1.29 is 4.79 Å². The predicted molar refractivity (Wildman–Crippen MR) is 75.9 cm³/mol. The molecule has 4 heteroatoms. The first-order valence-electron chi connectivity index (χ1n) is 6.30. The number of hydrogen-bond acceptors (Lipinski definition) is 3. The van der Waals surface area contributed by atoms with E-state index in [1.165, 1.54) is 4.90 Å². The van der Waals surface area contributed by atoms with Gasteiger partial charge in [-0.05, 0) is 42.9 Å². The standard InChI is InChI=1S/C14H20N2OS/c1-10-9-16(8-7-13(10)15)14(17)11-3-5-12(18-2)6-4-11/h3-6,10,13H,7-9,15H2,1-2H3. The van der Waals surface area contributed by atoms with Crippen molar-refractivity contribution in [2.24, 2.45) is 11.7 Å². The molecule has 98 valence electrons. The van der Waals surface area contributed by atoms with Gasteiger partial charge in [0.05, 0.1) is 0 Å². The van der Waals surface area contributed by atoms with Crippen LogP contribution >= 0.6 is 11.8 Å². The van der Waals surface area contributed by atoms with Crippen LogP contribution in [0.2, 0.25) is 0 Å². The van der Waals surface area contributed by atoms with Crippen molar-refractivity contribution in [1.82, 2.24) is 4.90 Å². The lowest BCUT2D eigenvalue weighted by Crippen LogP contribution is -2.48. The highest BCUT2D eigenvalue weighted by Crippen LogP contribution is 2.19. The van der Waals surface area contributed by atoms with E-state index in [2.05, 4.69) is 6.92 Å². The first-order valence-corrected chi connectivity index (χ1v) is 7.53. The van der Waals surface area contributed by atoms with E-state index in [-0.39, 0.29) is 11.9 Å². The lowest BCUT2D eigenvalue weighted by molar-refractivity contribution is 0.0664. The van der Waals surface area contributed by atoms with Crippen molar-refractivity contribution in [3.05, 3.63) is 29.8 Å². The minimum Gasteiger partial charge on any atom is -0.338 e. The van der Waals surface area contributed by atoms with Crippen molar-refractivity contribution in [1.29, 1.82) is 0 Å². The number of carbonyl (C=O) groups excluding carboxylic acids is 1. The molecule has 0 saturated carbocycles. The highest BCUT2D eigenvalue weighted by Gasteiger charge is 2.26. The third kappa shape index (κ3) is 2.87. The Bertz CT molecular complexity index is 418. The number of nitrogens with zero attached hydrogens (tertiary/aromatic N) is 1. The van der Waals surface area contributed by atoms with Crippen LogP contribution in [0.4, 0.5) is 0 Å². The van der Waals surface area contributed by atoms with Crippen LogP contribution in [0.15, 0.2) is 29.2 Å². The molecular weight excluding hydrogens is 244 g/mol. The molecule has 0 spiro atoms. The van der Waals surface area contributed by atoms with E-state index in [9.17, 15) is 4.79 Å². The van der Waals surface area contributed by atoms with Crippen molar-refractivity contribution in [3.63, 3.8) is 0 Å². The highest BCUT2D eigenvalue weighted by molar-refractivity contribution is 7.98. The number of likely N-dealkylation sites (tertiary alicyclic amines) is 1. The molecule has 2 unspecified atom stereocenters. The van der Waals surface area contributed by atoms with Crippen molar-refractivity contribution >= 4 is 17.7 Å². The topological polar surface area (TPSA) is 46.3 Å². The first-order chi connectivity index (χ1) is 8.61. The predicted octanol–water partition coefficient (Wildman–Crippen LogP) is 2.22. The second kappa shape index (κ2) is 5.76. The largest absolute Gasteiger partial charge is 0.338 e. The van der Waals surface area contributed by atoms with E-state index in [4.69, 9.17) is 5.73 Å². The van der Waals surface area contributed by atoms with Crippen LogP contribution in [-0.4, -0.2) is 36.2 Å². The second-order valence-electron chi connectivity index (χ2n) is 4.91. The molecule has 1 heterocycles. The summed E-state index contributed by atoms with van der Waals surface area (Å²) in [6, 6.07) is 8.04. The smallest absolute Gasteiger partial charge is 0.253 e. The Morgan fingerprint density at radius 1 is 1.39 bits per heavy atom. The molecule has 1 aliphatic rings. The lowest BCUT2D eigenvalue weighted by Gasteiger charge is -2.35. The molecule has 2 N–H and O–H groups in total. The Hall–Kier alpha value is -1.00. The van der Waals surface area contributed by atoms with E-state index in [1.807, 2.05) is 35.4 Å². The Morgan fingerprint density at radius 3 is 2.61 bits per heavy atom. The zero-order valence-electron chi connectivity index (χ0n) is 10.9. The fourth-order valence-corrected chi connectivity index (χ4v) is 2.67. The zero-order valence-corrected chi connectivity index (χ0v) is 11.7. The lowest BCUT2D eigenvalue weighted by atomic mass is 9.94. The molecule has 1 saturated heterocycles. The van der Waals surface area contributed by atoms with Crippen LogP contribution in [0.3, 0.4) is 0 Å². The molecule has 0 aromatic heterocycles. The summed E-state index contributed by atoms with van der Waals surface area (Å²) in [7, 11) is 0. The van der Waals surface area contributed by atoms with E-state index in [1.54, 1.807) is 11.8 Å². The van der Waals surface area contributed by atoms with E-state index < -0.39 is 0 Å². The second-order valence-corrected chi connectivity index (χ2v) is 5.79. The normalized spacial score (nSPS) is 24.1. The number of hydrogen-bond donors (Lipinski definition) is 1. The zero-order chi connectivity index (χ0) is 13.1. The van der Waals surface area contributed by atoms with Gasteiger partial charge in [-0.2, -0.15) is 0 Å². The van der Waals surface area contributed by atoms with Gasteiger partial charge >= 0.3 is 0 Å². The van der Waals surface area contributed by atoms with Gasteiger partial charge in [-0.3, -0.25) is 4.79 Å². The fourth-order valence-electron chi connectivity index (χ4n) is 2.26. The number of piperidine rings is 1.